The Morgan fingerprint density at radius 2 is 1.52 bits per heavy atom. The average Bonchev–Trinajstić information content (AvgIpc) is 2.79. The van der Waals surface area contributed by atoms with Crippen molar-refractivity contribution in [3.05, 3.63) is 95.1 Å². The number of rotatable bonds is 10. The fourth-order valence-corrected chi connectivity index (χ4v) is 5.80. The molecular formula is C26H30N2O3S2. The molecule has 0 unspecified atom stereocenters. The minimum Gasteiger partial charge on any atom is -0.354 e. The molecule has 0 atom stereocenters. The molecule has 0 spiro atoms. The van der Waals surface area contributed by atoms with E-state index >= 15 is 0 Å². The average molecular weight is 483 g/mol. The molecule has 0 saturated heterocycles. The first-order valence-electron chi connectivity index (χ1n) is 10.8. The van der Waals surface area contributed by atoms with Gasteiger partial charge in [-0.25, -0.2) is 8.42 Å². The lowest BCUT2D eigenvalue weighted by atomic mass is 10.1. The van der Waals surface area contributed by atoms with Crippen molar-refractivity contribution in [2.24, 2.45) is 0 Å². The van der Waals surface area contributed by atoms with Crippen LogP contribution in [0.4, 0.5) is 5.69 Å². The number of para-hydroxylation sites is 1. The summed E-state index contributed by atoms with van der Waals surface area (Å²) in [4.78, 5) is 12.9. The highest BCUT2D eigenvalue weighted by Gasteiger charge is 2.28. The smallest absolute Gasteiger partial charge is 0.264 e. The maximum Gasteiger partial charge on any atom is 0.264 e. The summed E-state index contributed by atoms with van der Waals surface area (Å²) < 4.78 is 28.1. The van der Waals surface area contributed by atoms with Gasteiger partial charge in [0, 0.05) is 18.1 Å². The summed E-state index contributed by atoms with van der Waals surface area (Å²) in [5.74, 6) is 1.29. The molecule has 33 heavy (non-hydrogen) atoms. The number of benzene rings is 3. The monoisotopic (exact) mass is 482 g/mol. The van der Waals surface area contributed by atoms with Crippen molar-refractivity contribution in [2.45, 2.75) is 31.4 Å². The van der Waals surface area contributed by atoms with Gasteiger partial charge in [0.25, 0.3) is 10.0 Å². The van der Waals surface area contributed by atoms with Crippen molar-refractivity contribution in [3.8, 4) is 0 Å². The van der Waals surface area contributed by atoms with Crippen molar-refractivity contribution in [1.82, 2.24) is 5.32 Å². The van der Waals surface area contributed by atoms with Crippen LogP contribution in [0.15, 0.2) is 77.7 Å². The van der Waals surface area contributed by atoms with E-state index in [0.717, 1.165) is 22.6 Å². The summed E-state index contributed by atoms with van der Waals surface area (Å²) in [7, 11) is -3.90. The maximum absolute atomic E-state index is 13.4. The first-order chi connectivity index (χ1) is 15.8. The van der Waals surface area contributed by atoms with E-state index in [-0.39, 0.29) is 17.3 Å². The molecule has 1 N–H and O–H groups in total. The van der Waals surface area contributed by atoms with E-state index in [1.54, 1.807) is 48.2 Å². The van der Waals surface area contributed by atoms with E-state index in [1.165, 1.54) is 15.4 Å². The zero-order valence-electron chi connectivity index (χ0n) is 19.2. The summed E-state index contributed by atoms with van der Waals surface area (Å²) in [5, 5.41) is 2.87. The van der Waals surface area contributed by atoms with Crippen molar-refractivity contribution < 1.29 is 13.2 Å². The standard InChI is InChI=1S/C26H30N2O3S2/c1-20-12-14-24(15-13-20)33(30,31)28(25-11-7-5-9-22(25)3)18-26(29)27-16-17-32-19-23-10-6-4-8-21(23)2/h4-15H,16-19H2,1-3H3,(H,27,29). The van der Waals surface area contributed by atoms with Gasteiger partial charge in [0.15, 0.2) is 0 Å². The number of carbonyl (C=O) groups is 1. The lowest BCUT2D eigenvalue weighted by molar-refractivity contribution is -0.119. The molecule has 0 bridgehead atoms. The number of hydrogen-bond donors (Lipinski definition) is 1. The Balaban J connectivity index is 1.66. The highest BCUT2D eigenvalue weighted by atomic mass is 32.2. The predicted molar refractivity (Wildman–Crippen MR) is 137 cm³/mol. The Bertz CT molecular complexity index is 1190. The Morgan fingerprint density at radius 3 is 2.18 bits per heavy atom. The van der Waals surface area contributed by atoms with Gasteiger partial charge in [-0.1, -0.05) is 60.2 Å². The molecule has 0 saturated carbocycles. The second kappa shape index (κ2) is 11.4. The normalized spacial score (nSPS) is 11.2. The summed E-state index contributed by atoms with van der Waals surface area (Å²) in [5.41, 5.74) is 4.79. The minimum absolute atomic E-state index is 0.165. The molecule has 0 radical (unpaired) electrons. The Labute approximate surface area is 201 Å². The number of nitrogens with zero attached hydrogens (tertiary/aromatic N) is 1. The number of thioether (sulfide) groups is 1. The van der Waals surface area contributed by atoms with Gasteiger partial charge < -0.3 is 5.32 Å². The van der Waals surface area contributed by atoms with Gasteiger partial charge in [-0.3, -0.25) is 9.10 Å². The highest BCUT2D eigenvalue weighted by molar-refractivity contribution is 7.98. The quantitative estimate of drug-likeness (QED) is 0.419. The minimum atomic E-state index is -3.90. The Kier molecular flexibility index (Phi) is 8.58. The van der Waals surface area contributed by atoms with Crippen LogP contribution < -0.4 is 9.62 Å². The molecule has 0 fully saturated rings. The molecule has 5 nitrogen and oxygen atoms in total. The van der Waals surface area contributed by atoms with Crippen molar-refractivity contribution in [3.63, 3.8) is 0 Å². The van der Waals surface area contributed by atoms with E-state index in [4.69, 9.17) is 0 Å². The maximum atomic E-state index is 13.4. The second-order valence-electron chi connectivity index (χ2n) is 7.94. The molecule has 0 aliphatic carbocycles. The molecule has 174 valence electrons. The SMILES string of the molecule is Cc1ccc(S(=O)(=O)N(CC(=O)NCCSCc2ccccc2C)c2ccccc2C)cc1. The van der Waals surface area contributed by atoms with Crippen molar-refractivity contribution in [2.75, 3.05) is 23.1 Å². The number of anilines is 1. The third kappa shape index (κ3) is 6.62. The molecule has 0 aromatic heterocycles. The van der Waals surface area contributed by atoms with Crippen LogP contribution in [0.25, 0.3) is 0 Å². The molecule has 0 heterocycles. The lowest BCUT2D eigenvalue weighted by Gasteiger charge is -2.25. The van der Waals surface area contributed by atoms with E-state index in [1.807, 2.05) is 38.1 Å². The summed E-state index contributed by atoms with van der Waals surface area (Å²) in [6.45, 7) is 6.03. The molecule has 3 rings (SSSR count). The third-order valence-electron chi connectivity index (χ3n) is 5.37. The summed E-state index contributed by atoms with van der Waals surface area (Å²) in [6.07, 6.45) is 0. The fraction of sp³-hybridized carbons (Fsp3) is 0.269. The van der Waals surface area contributed by atoms with Crippen LogP contribution in [0.1, 0.15) is 22.3 Å². The zero-order chi connectivity index (χ0) is 23.8. The topological polar surface area (TPSA) is 66.5 Å². The predicted octanol–water partition coefficient (Wildman–Crippen LogP) is 4.86. The fourth-order valence-electron chi connectivity index (χ4n) is 3.38. The lowest BCUT2D eigenvalue weighted by Crippen LogP contribution is -2.41. The van der Waals surface area contributed by atoms with Crippen LogP contribution in [-0.2, 0) is 20.6 Å². The van der Waals surface area contributed by atoms with E-state index in [0.29, 0.717) is 12.2 Å². The number of sulfonamides is 1. The number of nitrogens with one attached hydrogen (secondary N) is 1. The highest BCUT2D eigenvalue weighted by Crippen LogP contribution is 2.26. The number of amides is 1. The number of aryl methyl sites for hydroxylation is 3. The van der Waals surface area contributed by atoms with Gasteiger partial charge in [0.1, 0.15) is 6.54 Å². The molecule has 7 heteroatoms. The summed E-state index contributed by atoms with van der Waals surface area (Å²) >= 11 is 1.74. The van der Waals surface area contributed by atoms with Crippen LogP contribution in [0.2, 0.25) is 0 Å². The first-order valence-corrected chi connectivity index (χ1v) is 13.4. The summed E-state index contributed by atoms with van der Waals surface area (Å²) in [6, 6.07) is 22.1. The number of hydrogen-bond acceptors (Lipinski definition) is 4. The van der Waals surface area contributed by atoms with E-state index in [2.05, 4.69) is 24.4 Å². The van der Waals surface area contributed by atoms with Gasteiger partial charge in [-0.05, 0) is 55.7 Å². The molecule has 1 amide bonds. The molecular weight excluding hydrogens is 452 g/mol. The number of carbonyl (C=O) groups excluding carboxylic acids is 1. The van der Waals surface area contributed by atoms with Gasteiger partial charge in [-0.15, -0.1) is 0 Å². The van der Waals surface area contributed by atoms with Crippen LogP contribution in [0.3, 0.4) is 0 Å². The van der Waals surface area contributed by atoms with Gasteiger partial charge in [0.05, 0.1) is 10.6 Å². The van der Waals surface area contributed by atoms with Crippen molar-refractivity contribution >= 4 is 33.4 Å². The van der Waals surface area contributed by atoms with Crippen LogP contribution in [0.5, 0.6) is 0 Å². The van der Waals surface area contributed by atoms with Crippen molar-refractivity contribution in [1.29, 1.82) is 0 Å². The first kappa shape index (κ1) is 24.9. The Morgan fingerprint density at radius 1 is 0.879 bits per heavy atom. The van der Waals surface area contributed by atoms with Crippen LogP contribution in [0, 0.1) is 20.8 Å². The largest absolute Gasteiger partial charge is 0.354 e. The second-order valence-corrected chi connectivity index (χ2v) is 10.9. The zero-order valence-corrected chi connectivity index (χ0v) is 20.9. The third-order valence-corrected chi connectivity index (χ3v) is 8.15. The van der Waals surface area contributed by atoms with Gasteiger partial charge in [-0.2, -0.15) is 11.8 Å². The van der Waals surface area contributed by atoms with E-state index < -0.39 is 10.0 Å². The van der Waals surface area contributed by atoms with Crippen LogP contribution in [-0.4, -0.2) is 33.2 Å². The van der Waals surface area contributed by atoms with E-state index in [9.17, 15) is 13.2 Å². The molecule has 0 aliphatic rings. The van der Waals surface area contributed by atoms with Gasteiger partial charge >= 0.3 is 0 Å². The Hall–Kier alpha value is -2.77. The molecule has 3 aromatic carbocycles. The molecule has 3 aromatic rings. The molecule has 0 aliphatic heterocycles. The van der Waals surface area contributed by atoms with Gasteiger partial charge in [0.2, 0.25) is 5.91 Å². The van der Waals surface area contributed by atoms with Crippen LogP contribution >= 0.6 is 11.8 Å².